The molecule has 1 unspecified atom stereocenters. The van der Waals surface area contributed by atoms with Crippen LogP contribution in [0.3, 0.4) is 0 Å². The molecule has 2 heterocycles. The van der Waals surface area contributed by atoms with Gasteiger partial charge in [-0.05, 0) is 48.7 Å². The third kappa shape index (κ3) is 4.03. The van der Waals surface area contributed by atoms with Gasteiger partial charge >= 0.3 is 0 Å². The van der Waals surface area contributed by atoms with Crippen LogP contribution in [0.1, 0.15) is 30.5 Å². The number of anilines is 1. The van der Waals surface area contributed by atoms with Crippen molar-refractivity contribution in [1.29, 1.82) is 0 Å². The van der Waals surface area contributed by atoms with E-state index in [0.717, 1.165) is 19.4 Å². The molecule has 3 N–H and O–H groups in total. The largest absolute Gasteiger partial charge is 0.384 e. The van der Waals surface area contributed by atoms with Gasteiger partial charge < -0.3 is 11.1 Å². The number of rotatable bonds is 6. The van der Waals surface area contributed by atoms with Gasteiger partial charge in [0.2, 0.25) is 0 Å². The van der Waals surface area contributed by atoms with E-state index < -0.39 is 0 Å². The molecule has 0 aliphatic carbocycles. The SMILES string of the molecule is CCCNC(Cc1ccnc(N)c1)c1cccnc1. The van der Waals surface area contributed by atoms with E-state index >= 15 is 0 Å². The number of hydrogen-bond donors (Lipinski definition) is 2. The van der Waals surface area contributed by atoms with Crippen molar-refractivity contribution in [2.24, 2.45) is 0 Å². The molecule has 0 saturated heterocycles. The molecule has 0 aromatic carbocycles. The highest BCUT2D eigenvalue weighted by Crippen LogP contribution is 2.18. The van der Waals surface area contributed by atoms with E-state index in [1.54, 1.807) is 12.4 Å². The van der Waals surface area contributed by atoms with Crippen LogP contribution in [0.15, 0.2) is 42.9 Å². The molecule has 19 heavy (non-hydrogen) atoms. The predicted octanol–water partition coefficient (Wildman–Crippen LogP) is 2.34. The summed E-state index contributed by atoms with van der Waals surface area (Å²) in [5.41, 5.74) is 8.11. The van der Waals surface area contributed by atoms with E-state index in [4.69, 9.17) is 5.73 Å². The second-order valence-electron chi connectivity index (χ2n) is 4.59. The first-order valence-corrected chi connectivity index (χ1v) is 6.63. The van der Waals surface area contributed by atoms with Gasteiger partial charge in [-0.2, -0.15) is 0 Å². The smallest absolute Gasteiger partial charge is 0.123 e. The molecule has 100 valence electrons. The fourth-order valence-corrected chi connectivity index (χ4v) is 2.07. The van der Waals surface area contributed by atoms with Gasteiger partial charge in [-0.1, -0.05) is 13.0 Å². The van der Waals surface area contributed by atoms with Crippen LogP contribution in [0.4, 0.5) is 5.82 Å². The Morgan fingerprint density at radius 3 is 2.89 bits per heavy atom. The Labute approximate surface area is 114 Å². The van der Waals surface area contributed by atoms with Crippen LogP contribution < -0.4 is 11.1 Å². The van der Waals surface area contributed by atoms with Gasteiger partial charge in [0, 0.05) is 24.6 Å². The quantitative estimate of drug-likeness (QED) is 0.832. The van der Waals surface area contributed by atoms with Crippen molar-refractivity contribution in [3.8, 4) is 0 Å². The number of nitrogens with one attached hydrogen (secondary N) is 1. The zero-order chi connectivity index (χ0) is 13.5. The summed E-state index contributed by atoms with van der Waals surface area (Å²) >= 11 is 0. The summed E-state index contributed by atoms with van der Waals surface area (Å²) in [5, 5.41) is 3.55. The Morgan fingerprint density at radius 1 is 1.32 bits per heavy atom. The summed E-state index contributed by atoms with van der Waals surface area (Å²) in [7, 11) is 0. The molecule has 2 rings (SSSR count). The molecule has 0 aliphatic heterocycles. The van der Waals surface area contributed by atoms with Gasteiger partial charge in [0.25, 0.3) is 0 Å². The van der Waals surface area contributed by atoms with E-state index in [1.807, 2.05) is 24.4 Å². The number of nitrogen functional groups attached to an aromatic ring is 1. The van der Waals surface area contributed by atoms with Crippen LogP contribution in [0, 0.1) is 0 Å². The minimum Gasteiger partial charge on any atom is -0.384 e. The van der Waals surface area contributed by atoms with E-state index in [9.17, 15) is 0 Å². The molecule has 0 saturated carbocycles. The zero-order valence-corrected chi connectivity index (χ0v) is 11.2. The Morgan fingerprint density at radius 2 is 2.21 bits per heavy atom. The minimum atomic E-state index is 0.260. The van der Waals surface area contributed by atoms with Crippen LogP contribution >= 0.6 is 0 Å². The van der Waals surface area contributed by atoms with Crippen molar-refractivity contribution in [2.45, 2.75) is 25.8 Å². The molecular weight excluding hydrogens is 236 g/mol. The summed E-state index contributed by atoms with van der Waals surface area (Å²) in [5.74, 6) is 0.568. The maximum atomic E-state index is 5.73. The van der Waals surface area contributed by atoms with E-state index in [2.05, 4.69) is 28.3 Å². The summed E-state index contributed by atoms with van der Waals surface area (Å²) in [4.78, 5) is 8.22. The van der Waals surface area contributed by atoms with Gasteiger partial charge in [-0.25, -0.2) is 4.98 Å². The molecule has 0 amide bonds. The molecule has 0 bridgehead atoms. The fraction of sp³-hybridized carbons (Fsp3) is 0.333. The van der Waals surface area contributed by atoms with E-state index in [1.165, 1.54) is 11.1 Å². The number of aromatic nitrogens is 2. The highest BCUT2D eigenvalue weighted by atomic mass is 14.9. The molecule has 2 aromatic heterocycles. The van der Waals surface area contributed by atoms with Crippen molar-refractivity contribution < 1.29 is 0 Å². The molecule has 0 radical (unpaired) electrons. The van der Waals surface area contributed by atoms with Gasteiger partial charge in [0.1, 0.15) is 5.82 Å². The number of nitrogens with zero attached hydrogens (tertiary/aromatic N) is 2. The predicted molar refractivity (Wildman–Crippen MR) is 77.6 cm³/mol. The first-order valence-electron chi connectivity index (χ1n) is 6.63. The van der Waals surface area contributed by atoms with Crippen molar-refractivity contribution in [2.75, 3.05) is 12.3 Å². The average molecular weight is 256 g/mol. The molecular formula is C15H20N4. The highest BCUT2D eigenvalue weighted by Gasteiger charge is 2.11. The van der Waals surface area contributed by atoms with Crippen molar-refractivity contribution in [3.05, 3.63) is 54.0 Å². The monoisotopic (exact) mass is 256 g/mol. The van der Waals surface area contributed by atoms with E-state index in [0.29, 0.717) is 5.82 Å². The van der Waals surface area contributed by atoms with Crippen LogP contribution in [0.25, 0.3) is 0 Å². The lowest BCUT2D eigenvalue weighted by atomic mass is 10.0. The zero-order valence-electron chi connectivity index (χ0n) is 11.2. The standard InChI is InChI=1S/C15H20N4/c1-2-6-18-14(13-4-3-7-17-11-13)9-12-5-8-19-15(16)10-12/h3-5,7-8,10-11,14,18H,2,6,9H2,1H3,(H2,16,19). The summed E-state index contributed by atoms with van der Waals surface area (Å²) in [6, 6.07) is 8.27. The topological polar surface area (TPSA) is 63.8 Å². The maximum Gasteiger partial charge on any atom is 0.123 e. The molecule has 0 fully saturated rings. The normalized spacial score (nSPS) is 12.3. The molecule has 4 nitrogen and oxygen atoms in total. The van der Waals surface area contributed by atoms with Crippen LogP contribution in [0.2, 0.25) is 0 Å². The second kappa shape index (κ2) is 6.85. The Balaban J connectivity index is 2.14. The summed E-state index contributed by atoms with van der Waals surface area (Å²) in [6.45, 7) is 3.15. The molecule has 0 spiro atoms. The Bertz CT molecular complexity index is 499. The number of pyridine rings is 2. The van der Waals surface area contributed by atoms with Crippen molar-refractivity contribution in [1.82, 2.24) is 15.3 Å². The third-order valence-corrected chi connectivity index (χ3v) is 3.01. The maximum absolute atomic E-state index is 5.73. The minimum absolute atomic E-state index is 0.260. The average Bonchev–Trinajstić information content (AvgIpc) is 2.44. The van der Waals surface area contributed by atoms with Crippen molar-refractivity contribution >= 4 is 5.82 Å². The third-order valence-electron chi connectivity index (χ3n) is 3.01. The Hall–Kier alpha value is -1.94. The first kappa shape index (κ1) is 13.5. The molecule has 2 aromatic rings. The lowest BCUT2D eigenvalue weighted by molar-refractivity contribution is 0.528. The summed E-state index contributed by atoms with van der Waals surface area (Å²) in [6.07, 6.45) is 7.46. The molecule has 1 atom stereocenters. The number of nitrogens with two attached hydrogens (primary N) is 1. The Kier molecular flexibility index (Phi) is 4.86. The van der Waals surface area contributed by atoms with Crippen LogP contribution in [-0.2, 0) is 6.42 Å². The fourth-order valence-electron chi connectivity index (χ4n) is 2.07. The van der Waals surface area contributed by atoms with Gasteiger partial charge in [0.05, 0.1) is 0 Å². The van der Waals surface area contributed by atoms with Gasteiger partial charge in [-0.15, -0.1) is 0 Å². The van der Waals surface area contributed by atoms with Gasteiger partial charge in [0.15, 0.2) is 0 Å². The van der Waals surface area contributed by atoms with Crippen LogP contribution in [-0.4, -0.2) is 16.5 Å². The highest BCUT2D eigenvalue weighted by molar-refractivity contribution is 5.33. The number of hydrogen-bond acceptors (Lipinski definition) is 4. The second-order valence-corrected chi connectivity index (χ2v) is 4.59. The van der Waals surface area contributed by atoms with Gasteiger partial charge in [-0.3, -0.25) is 4.98 Å². The lowest BCUT2D eigenvalue weighted by Gasteiger charge is -2.18. The van der Waals surface area contributed by atoms with Crippen molar-refractivity contribution in [3.63, 3.8) is 0 Å². The van der Waals surface area contributed by atoms with E-state index in [-0.39, 0.29) is 6.04 Å². The lowest BCUT2D eigenvalue weighted by Crippen LogP contribution is -2.24. The molecule has 4 heteroatoms. The van der Waals surface area contributed by atoms with Crippen LogP contribution in [0.5, 0.6) is 0 Å². The molecule has 0 aliphatic rings. The summed E-state index contributed by atoms with van der Waals surface area (Å²) < 4.78 is 0. The first-order chi connectivity index (χ1) is 9.29.